The molecule has 0 fully saturated rings. The van der Waals surface area contributed by atoms with Gasteiger partial charge in [-0.1, -0.05) is 54.4 Å². The third kappa shape index (κ3) is 10.6. The van der Waals surface area contributed by atoms with Crippen LogP contribution in [-0.4, -0.2) is 58.9 Å². The Morgan fingerprint density at radius 3 is 1.70 bits per heavy atom. The fraction of sp³-hybridized carbons (Fsp3) is 0.773. The molecule has 0 saturated heterocycles. The fourth-order valence-electron chi connectivity index (χ4n) is 3.10. The molecule has 0 spiro atoms. The molecule has 0 bridgehead atoms. The summed E-state index contributed by atoms with van der Waals surface area (Å²) in [6.07, 6.45) is 0.903. The maximum atomic E-state index is 13.0. The average molecular weight is 472 g/mol. The Balaban J connectivity index is 5.61. The molecule has 0 aromatic rings. The van der Waals surface area contributed by atoms with Crippen LogP contribution >= 0.6 is 0 Å². The molecule has 8 N–H and O–H groups in total. The van der Waals surface area contributed by atoms with Crippen molar-refractivity contribution >= 4 is 29.6 Å². The lowest BCUT2D eigenvalue weighted by atomic mass is 9.97. The van der Waals surface area contributed by atoms with Crippen molar-refractivity contribution in [3.05, 3.63) is 0 Å². The molecule has 6 atom stereocenters. The normalized spacial score (nSPS) is 16.6. The standard InChI is InChI=1S/C22H41N5O6/c1-7-12(5)17(24)21(31)26-14(9-11(3)4)19(29)25-15(10-16(23)28)20(30)27-18(22(32)33)13(6)8-2/h11-15,17-18H,7-10,24H2,1-6H3,(H2,23,28)(H,25,29)(H,26,31)(H,27,30)(H,32,33). The second-order valence-electron chi connectivity index (χ2n) is 9.04. The highest BCUT2D eigenvalue weighted by atomic mass is 16.4. The van der Waals surface area contributed by atoms with E-state index < -0.39 is 60.2 Å². The third-order valence-electron chi connectivity index (χ3n) is 5.71. The fourth-order valence-corrected chi connectivity index (χ4v) is 3.10. The van der Waals surface area contributed by atoms with Crippen LogP contribution in [0.1, 0.15) is 67.2 Å². The van der Waals surface area contributed by atoms with Gasteiger partial charge in [0.1, 0.15) is 18.1 Å². The van der Waals surface area contributed by atoms with Gasteiger partial charge in [-0.3, -0.25) is 19.2 Å². The van der Waals surface area contributed by atoms with Gasteiger partial charge in [-0.15, -0.1) is 0 Å². The van der Waals surface area contributed by atoms with Crippen LogP contribution < -0.4 is 27.4 Å². The molecule has 11 heteroatoms. The summed E-state index contributed by atoms with van der Waals surface area (Å²) in [5.74, 6) is -4.58. The van der Waals surface area contributed by atoms with Gasteiger partial charge in [-0.2, -0.15) is 0 Å². The van der Waals surface area contributed by atoms with Crippen LogP contribution in [0.5, 0.6) is 0 Å². The first kappa shape index (κ1) is 30.3. The van der Waals surface area contributed by atoms with Crippen molar-refractivity contribution in [2.75, 3.05) is 0 Å². The maximum Gasteiger partial charge on any atom is 0.326 e. The van der Waals surface area contributed by atoms with Crippen LogP contribution in [0, 0.1) is 17.8 Å². The molecule has 0 aromatic heterocycles. The number of nitrogens with one attached hydrogen (secondary N) is 3. The van der Waals surface area contributed by atoms with E-state index in [0.717, 1.165) is 0 Å². The van der Waals surface area contributed by atoms with E-state index >= 15 is 0 Å². The van der Waals surface area contributed by atoms with Gasteiger partial charge >= 0.3 is 5.97 Å². The van der Waals surface area contributed by atoms with Crippen LogP contribution in [0.2, 0.25) is 0 Å². The lowest BCUT2D eigenvalue weighted by Crippen LogP contribution is -2.58. The molecular formula is C22H41N5O6. The number of carboxylic acid groups (broad SMARTS) is 1. The van der Waals surface area contributed by atoms with Crippen molar-refractivity contribution in [2.45, 2.75) is 91.4 Å². The van der Waals surface area contributed by atoms with E-state index in [1.165, 1.54) is 0 Å². The second-order valence-corrected chi connectivity index (χ2v) is 9.04. The minimum atomic E-state index is -1.39. The van der Waals surface area contributed by atoms with Crippen LogP contribution in [0.4, 0.5) is 0 Å². The number of rotatable bonds is 15. The lowest BCUT2D eigenvalue weighted by Gasteiger charge is -2.27. The van der Waals surface area contributed by atoms with Crippen LogP contribution in [-0.2, 0) is 24.0 Å². The Bertz CT molecular complexity index is 699. The number of carbonyl (C=O) groups excluding carboxylic acids is 4. The molecule has 0 rings (SSSR count). The summed E-state index contributed by atoms with van der Waals surface area (Å²) in [6, 6.07) is -4.40. The number of hydrogen-bond acceptors (Lipinski definition) is 6. The summed E-state index contributed by atoms with van der Waals surface area (Å²) >= 11 is 0. The quantitative estimate of drug-likeness (QED) is 0.191. The number of carboxylic acids is 1. The number of primary amides is 1. The largest absolute Gasteiger partial charge is 0.480 e. The number of hydrogen-bond donors (Lipinski definition) is 6. The Kier molecular flexibility index (Phi) is 13.3. The minimum absolute atomic E-state index is 0.0195. The molecule has 33 heavy (non-hydrogen) atoms. The zero-order valence-electron chi connectivity index (χ0n) is 20.5. The highest BCUT2D eigenvalue weighted by Gasteiger charge is 2.33. The van der Waals surface area contributed by atoms with E-state index in [-0.39, 0.29) is 24.2 Å². The van der Waals surface area contributed by atoms with E-state index in [1.807, 2.05) is 27.7 Å². The molecule has 190 valence electrons. The Labute approximate surface area is 195 Å². The van der Waals surface area contributed by atoms with Crippen LogP contribution in [0.3, 0.4) is 0 Å². The van der Waals surface area contributed by atoms with Crippen molar-refractivity contribution in [2.24, 2.45) is 29.2 Å². The molecular weight excluding hydrogens is 430 g/mol. The molecule has 4 amide bonds. The zero-order valence-corrected chi connectivity index (χ0v) is 20.5. The first-order chi connectivity index (χ1) is 15.2. The average Bonchev–Trinajstić information content (AvgIpc) is 2.73. The van der Waals surface area contributed by atoms with E-state index in [2.05, 4.69) is 16.0 Å². The molecule has 6 unspecified atom stereocenters. The lowest BCUT2D eigenvalue weighted by molar-refractivity contribution is -0.144. The molecule has 0 aliphatic rings. The predicted octanol–water partition coefficient (Wildman–Crippen LogP) is -0.134. The van der Waals surface area contributed by atoms with Crippen molar-refractivity contribution in [1.82, 2.24) is 16.0 Å². The van der Waals surface area contributed by atoms with Crippen molar-refractivity contribution in [3.8, 4) is 0 Å². The monoisotopic (exact) mass is 471 g/mol. The number of nitrogens with two attached hydrogens (primary N) is 2. The Morgan fingerprint density at radius 1 is 0.788 bits per heavy atom. The Hall–Kier alpha value is -2.69. The molecule has 11 nitrogen and oxygen atoms in total. The van der Waals surface area contributed by atoms with E-state index in [4.69, 9.17) is 11.5 Å². The summed E-state index contributed by atoms with van der Waals surface area (Å²) in [7, 11) is 0. The predicted molar refractivity (Wildman–Crippen MR) is 124 cm³/mol. The molecule has 0 aliphatic carbocycles. The highest BCUT2D eigenvalue weighted by molar-refractivity contribution is 5.96. The molecule has 0 radical (unpaired) electrons. The first-order valence-corrected chi connectivity index (χ1v) is 11.4. The molecule has 0 aliphatic heterocycles. The van der Waals surface area contributed by atoms with Crippen LogP contribution in [0.15, 0.2) is 0 Å². The third-order valence-corrected chi connectivity index (χ3v) is 5.71. The van der Waals surface area contributed by atoms with E-state index in [1.54, 1.807) is 13.8 Å². The zero-order chi connectivity index (χ0) is 25.9. The van der Waals surface area contributed by atoms with Crippen molar-refractivity contribution < 1.29 is 29.1 Å². The highest BCUT2D eigenvalue weighted by Crippen LogP contribution is 2.11. The van der Waals surface area contributed by atoms with E-state index in [9.17, 15) is 29.1 Å². The van der Waals surface area contributed by atoms with Gasteiger partial charge in [-0.05, 0) is 24.2 Å². The van der Waals surface area contributed by atoms with Gasteiger partial charge in [0.25, 0.3) is 0 Å². The summed E-state index contributed by atoms with van der Waals surface area (Å²) in [6.45, 7) is 10.9. The maximum absolute atomic E-state index is 13.0. The van der Waals surface area contributed by atoms with Gasteiger partial charge in [0.05, 0.1) is 12.5 Å². The minimum Gasteiger partial charge on any atom is -0.480 e. The summed E-state index contributed by atoms with van der Waals surface area (Å²) < 4.78 is 0. The molecule has 0 saturated carbocycles. The van der Waals surface area contributed by atoms with Gasteiger partial charge in [-0.25, -0.2) is 4.79 Å². The van der Waals surface area contributed by atoms with Crippen molar-refractivity contribution in [3.63, 3.8) is 0 Å². The number of aliphatic carboxylic acids is 1. The summed E-state index contributed by atoms with van der Waals surface area (Å²) in [5.41, 5.74) is 11.2. The topological polar surface area (TPSA) is 194 Å². The SMILES string of the molecule is CCC(C)C(N)C(=O)NC(CC(C)C)C(=O)NC(CC(N)=O)C(=O)NC(C(=O)O)C(C)CC. The number of carbonyl (C=O) groups is 5. The summed E-state index contributed by atoms with van der Waals surface area (Å²) in [4.78, 5) is 61.3. The van der Waals surface area contributed by atoms with Gasteiger partial charge < -0.3 is 32.5 Å². The van der Waals surface area contributed by atoms with Gasteiger partial charge in [0, 0.05) is 0 Å². The summed E-state index contributed by atoms with van der Waals surface area (Å²) in [5, 5.41) is 16.9. The first-order valence-electron chi connectivity index (χ1n) is 11.4. The van der Waals surface area contributed by atoms with Crippen LogP contribution in [0.25, 0.3) is 0 Å². The molecule has 0 heterocycles. The van der Waals surface area contributed by atoms with Crippen molar-refractivity contribution in [1.29, 1.82) is 0 Å². The number of amides is 4. The smallest absolute Gasteiger partial charge is 0.326 e. The van der Waals surface area contributed by atoms with E-state index in [0.29, 0.717) is 12.8 Å². The van der Waals surface area contributed by atoms with Gasteiger partial charge in [0.15, 0.2) is 0 Å². The van der Waals surface area contributed by atoms with Gasteiger partial charge in [0.2, 0.25) is 23.6 Å². The second kappa shape index (κ2) is 14.5. The molecule has 0 aromatic carbocycles. The Morgan fingerprint density at radius 2 is 1.27 bits per heavy atom.